The normalized spacial score (nSPS) is 9.69. The summed E-state index contributed by atoms with van der Waals surface area (Å²) in [5.41, 5.74) is -0.865. The van der Waals surface area contributed by atoms with E-state index in [2.05, 4.69) is 189 Å². The first kappa shape index (κ1) is 45.8. The number of hydrogen-bond acceptors (Lipinski definition) is 4. The Balaban J connectivity index is 0.000000269. The monoisotopic (exact) mass is 987 g/mol. The zero-order valence-corrected chi connectivity index (χ0v) is 34.9. The van der Waals surface area contributed by atoms with Gasteiger partial charge in [-0.1, -0.05) is 143 Å². The average molecular weight is 987 g/mol. The van der Waals surface area contributed by atoms with Gasteiger partial charge in [-0.3, -0.25) is 10.1 Å². The molecule has 0 bridgehead atoms. The second kappa shape index (κ2) is 24.8. The Morgan fingerprint density at radius 3 is 1.30 bits per heavy atom. The van der Waals surface area contributed by atoms with Crippen LogP contribution in [0.3, 0.4) is 0 Å². The molecule has 0 N–H and O–H groups in total. The second-order valence-electron chi connectivity index (χ2n) is 10.7. The summed E-state index contributed by atoms with van der Waals surface area (Å²) in [6, 6.07) is 64.6. The van der Waals surface area contributed by atoms with Crippen LogP contribution < -0.4 is 36.9 Å². The number of rotatable bonds is 8. The van der Waals surface area contributed by atoms with Gasteiger partial charge in [0, 0.05) is 9.95 Å². The van der Waals surface area contributed by atoms with Crippen molar-refractivity contribution < 1.29 is 52.0 Å². The van der Waals surface area contributed by atoms with E-state index in [0.29, 0.717) is 0 Å². The first-order valence-electron chi connectivity index (χ1n) is 16.0. The number of benzene rings is 5. The Morgan fingerprint density at radius 1 is 0.704 bits per heavy atom. The van der Waals surface area contributed by atoms with Crippen LogP contribution in [0.25, 0.3) is 0 Å². The number of carboxylic acids is 1. The third kappa shape index (κ3) is 13.8. The van der Waals surface area contributed by atoms with Gasteiger partial charge in [-0.15, -0.1) is 29.3 Å². The fraction of sp³-hybridized carbons (Fsp3) is 0. The molecule has 0 spiro atoms. The number of nitro groups is 1. The molecule has 0 saturated carbocycles. The Labute approximate surface area is 349 Å². The number of nitrogens with zero attached hydrogens (tertiary/aromatic N) is 1. The van der Waals surface area contributed by atoms with Crippen LogP contribution in [0.15, 0.2) is 195 Å². The molecule has 0 aromatic heterocycles. The number of hydrogen-bond donors (Lipinski definition) is 0. The van der Waals surface area contributed by atoms with E-state index in [4.69, 9.17) is 11.6 Å². The summed E-state index contributed by atoms with van der Waals surface area (Å²) in [6.45, 7) is 6.50. The van der Waals surface area contributed by atoms with Crippen LogP contribution >= 0.6 is 27.4 Å². The zero-order valence-electron chi connectivity index (χ0n) is 28.9. The largest absolute Gasteiger partial charge is 3.00 e. The van der Waals surface area contributed by atoms with Crippen LogP contribution in [0.4, 0.5) is 5.69 Å². The fourth-order valence-electron chi connectivity index (χ4n) is 4.95. The van der Waals surface area contributed by atoms with E-state index in [1.807, 2.05) is 0 Å². The number of allylic oxidation sites excluding steroid dienone is 1. The van der Waals surface area contributed by atoms with Gasteiger partial charge in [0.05, 0.1) is 0 Å². The quantitative estimate of drug-likeness (QED) is 0.0514. The molecule has 5 nitrogen and oxygen atoms in total. The molecule has 274 valence electrons. The molecular formula is C44H35ClFeIrNO4P2. The molecule has 0 aliphatic carbocycles. The Hall–Kier alpha value is -4.40. The molecule has 0 aliphatic heterocycles. The standard InChI is InChI=1S/2C17H14P.C7H3ClNO4.C3H5.Fe.Ir/c2*1-3-9-15(10-4-1)18(17-13-7-8-14-17)16-11-5-2-6-12-16;8-5-2-1-4(7(10)11)3-6(5)9(12)13;1-3-2;;/h2*1-14H;2-3H,(H,10,11);3H,1-2H2;;/q4*-1;+2;+3/p-1. The molecule has 0 amide bonds. The maximum atomic E-state index is 10.3. The maximum absolute atomic E-state index is 10.3. The van der Waals surface area contributed by atoms with Crippen LogP contribution in [0.1, 0.15) is 10.4 Å². The van der Waals surface area contributed by atoms with E-state index >= 15 is 0 Å². The number of halogens is 1. The SMILES string of the molecule is C=C[CH2-].O=C([O-])c1[c-]cc(Cl)c([N+](=O)[O-])c1.[Fe+2].[Ir+3].c1ccc(P(c2ccccc2)c2cc[cH-]c2)cc1.c1ccc(P(c2ccccc2)c2cc[cH-]c2)cc1. The Morgan fingerprint density at radius 2 is 1.04 bits per heavy atom. The Bertz CT molecular complexity index is 1900. The second-order valence-corrected chi connectivity index (χ2v) is 15.6. The van der Waals surface area contributed by atoms with Crippen molar-refractivity contribution in [2.75, 3.05) is 0 Å². The smallest absolute Gasteiger partial charge is 0.603 e. The van der Waals surface area contributed by atoms with Crippen molar-refractivity contribution in [1.82, 2.24) is 0 Å². The third-order valence-corrected chi connectivity index (χ3v) is 12.4. The molecule has 0 heterocycles. The molecule has 10 heteroatoms. The van der Waals surface area contributed by atoms with E-state index in [0.717, 1.165) is 12.1 Å². The minimum Gasteiger partial charge on any atom is -0.603 e. The van der Waals surface area contributed by atoms with E-state index < -0.39 is 38.0 Å². The minimum absolute atomic E-state index is 0. The molecule has 0 aliphatic rings. The van der Waals surface area contributed by atoms with Gasteiger partial charge in [0.15, 0.2) is 0 Å². The van der Waals surface area contributed by atoms with Crippen molar-refractivity contribution in [3.63, 3.8) is 0 Å². The van der Waals surface area contributed by atoms with E-state index in [1.54, 1.807) is 0 Å². The molecule has 0 saturated heterocycles. The van der Waals surface area contributed by atoms with Crippen LogP contribution in [0.5, 0.6) is 0 Å². The molecule has 7 aromatic rings. The molecule has 0 fully saturated rings. The van der Waals surface area contributed by atoms with Crippen molar-refractivity contribution in [3.8, 4) is 0 Å². The summed E-state index contributed by atoms with van der Waals surface area (Å²) in [5, 5.41) is 28.9. The van der Waals surface area contributed by atoms with Crippen molar-refractivity contribution in [3.05, 3.63) is 228 Å². The van der Waals surface area contributed by atoms with Crippen molar-refractivity contribution in [2.24, 2.45) is 0 Å². The van der Waals surface area contributed by atoms with Crippen molar-refractivity contribution >= 4 is 70.9 Å². The van der Waals surface area contributed by atoms with Gasteiger partial charge < -0.3 is 9.90 Å². The molecule has 0 unspecified atom stereocenters. The summed E-state index contributed by atoms with van der Waals surface area (Å²) >= 11 is 5.41. The van der Waals surface area contributed by atoms with Gasteiger partial charge in [-0.25, -0.2) is 31.7 Å². The number of aromatic carboxylic acids is 1. The predicted molar refractivity (Wildman–Crippen MR) is 218 cm³/mol. The average Bonchev–Trinajstić information content (AvgIpc) is 3.91. The summed E-state index contributed by atoms with van der Waals surface area (Å²) in [7, 11) is -0.818. The number of carbonyl (C=O) groups excluding carboxylic acids is 1. The maximum Gasteiger partial charge on any atom is 3.00 e. The summed E-state index contributed by atoms with van der Waals surface area (Å²) in [6.07, 6.45) is 1.50. The van der Waals surface area contributed by atoms with E-state index in [-0.39, 0.29) is 42.2 Å². The number of carbonyl (C=O) groups is 1. The molecule has 7 rings (SSSR count). The van der Waals surface area contributed by atoms with Crippen LogP contribution in [0.2, 0.25) is 5.02 Å². The van der Waals surface area contributed by atoms with E-state index in [1.165, 1.54) is 37.9 Å². The first-order chi connectivity index (χ1) is 25.3. The Kier molecular flexibility index (Phi) is 21.0. The summed E-state index contributed by atoms with van der Waals surface area (Å²) < 4.78 is 0. The van der Waals surface area contributed by atoms with E-state index in [9.17, 15) is 20.0 Å². The van der Waals surface area contributed by atoms with Gasteiger partial charge in [0.1, 0.15) is 0 Å². The van der Waals surface area contributed by atoms with Crippen LogP contribution in [0, 0.1) is 23.1 Å². The molecule has 0 atom stereocenters. The molecule has 0 radical (unpaired) electrons. The summed E-state index contributed by atoms with van der Waals surface area (Å²) in [4.78, 5) is 19.8. The van der Waals surface area contributed by atoms with Gasteiger partial charge >= 0.3 is 37.2 Å². The minimum atomic E-state index is -1.53. The van der Waals surface area contributed by atoms with Crippen LogP contribution in [-0.2, 0) is 37.2 Å². The first-order valence-corrected chi connectivity index (χ1v) is 19.1. The topological polar surface area (TPSA) is 83.3 Å². The third-order valence-electron chi connectivity index (χ3n) is 7.16. The van der Waals surface area contributed by atoms with Gasteiger partial charge in [-0.05, 0) is 27.2 Å². The zero-order chi connectivity index (χ0) is 37.1. The predicted octanol–water partition coefficient (Wildman–Crippen LogP) is 7.74. The fourth-order valence-corrected chi connectivity index (χ4v) is 9.74. The van der Waals surface area contributed by atoms with Crippen LogP contribution in [-0.4, -0.2) is 10.9 Å². The molecule has 7 aromatic carbocycles. The van der Waals surface area contributed by atoms with Crippen molar-refractivity contribution in [1.29, 1.82) is 0 Å². The number of carboxylic acid groups (broad SMARTS) is 1. The molecule has 54 heavy (non-hydrogen) atoms. The van der Waals surface area contributed by atoms with Gasteiger partial charge in [-0.2, -0.15) is 47.0 Å². The summed E-state index contributed by atoms with van der Waals surface area (Å²) in [5.74, 6) is -1.53. The van der Waals surface area contributed by atoms with Gasteiger partial charge in [0.25, 0.3) is 0 Å². The number of nitro benzene ring substituents is 1. The van der Waals surface area contributed by atoms with Gasteiger partial charge in [0.2, 0.25) is 5.69 Å². The molecular weight excluding hydrogens is 952 g/mol. The van der Waals surface area contributed by atoms with Crippen molar-refractivity contribution in [2.45, 2.75) is 0 Å².